The van der Waals surface area contributed by atoms with Crippen LogP contribution in [0.15, 0.2) is 71.8 Å². The average molecular weight is 433 g/mol. The first-order valence-corrected chi connectivity index (χ1v) is 11.8. The third kappa shape index (κ3) is 4.97. The lowest BCUT2D eigenvalue weighted by molar-refractivity contribution is -0.113. The molecule has 4 heteroatoms. The molecule has 2 aromatic carbocycles. The Labute approximate surface area is 192 Å². The summed E-state index contributed by atoms with van der Waals surface area (Å²) in [5.74, 6) is 0.0619. The van der Waals surface area contributed by atoms with E-state index in [1.54, 1.807) is 0 Å². The molecule has 0 spiro atoms. The molecule has 32 heavy (non-hydrogen) atoms. The van der Waals surface area contributed by atoms with Crippen LogP contribution in [0.3, 0.4) is 0 Å². The molecule has 170 valence electrons. The second-order valence-corrected chi connectivity index (χ2v) is 8.12. The van der Waals surface area contributed by atoms with Crippen LogP contribution in [0.1, 0.15) is 51.7 Å². The highest BCUT2D eigenvalue weighted by atomic mass is 16.3. The van der Waals surface area contributed by atoms with Gasteiger partial charge in [-0.3, -0.25) is 4.79 Å². The quantitative estimate of drug-likeness (QED) is 0.581. The SMILES string of the molecule is CCN(CC)C(=C1CC(O)CC(=C(c2ccccc2)N(CC)CC)C1=O)c1ccccc1. The van der Waals surface area contributed by atoms with Crippen molar-refractivity contribution in [2.24, 2.45) is 0 Å². The molecule has 1 saturated carbocycles. The number of carbonyl (C=O) groups is 1. The van der Waals surface area contributed by atoms with Gasteiger partial charge in [-0.2, -0.15) is 0 Å². The van der Waals surface area contributed by atoms with Crippen molar-refractivity contribution in [2.45, 2.75) is 46.6 Å². The minimum Gasteiger partial charge on any atom is -0.392 e. The van der Waals surface area contributed by atoms with Gasteiger partial charge >= 0.3 is 0 Å². The lowest BCUT2D eigenvalue weighted by atomic mass is 9.82. The lowest BCUT2D eigenvalue weighted by Gasteiger charge is -2.34. The lowest BCUT2D eigenvalue weighted by Crippen LogP contribution is -2.33. The van der Waals surface area contributed by atoms with Gasteiger partial charge in [-0.1, -0.05) is 60.7 Å². The van der Waals surface area contributed by atoms with Gasteiger partial charge in [0.25, 0.3) is 0 Å². The Hall–Kier alpha value is -2.85. The Morgan fingerprint density at radius 1 is 0.719 bits per heavy atom. The molecule has 0 radical (unpaired) electrons. The summed E-state index contributed by atoms with van der Waals surface area (Å²) in [5.41, 5.74) is 5.38. The summed E-state index contributed by atoms with van der Waals surface area (Å²) in [5, 5.41) is 11.0. The van der Waals surface area contributed by atoms with Crippen molar-refractivity contribution in [3.63, 3.8) is 0 Å². The topological polar surface area (TPSA) is 43.8 Å². The average Bonchev–Trinajstić information content (AvgIpc) is 2.83. The molecule has 1 aliphatic rings. The Balaban J connectivity index is 2.28. The zero-order valence-corrected chi connectivity index (χ0v) is 19.8. The second kappa shape index (κ2) is 11.1. The summed E-state index contributed by atoms with van der Waals surface area (Å²) in [6, 6.07) is 20.2. The predicted octanol–water partition coefficient (Wildman–Crippen LogP) is 5.22. The number of rotatable bonds is 8. The van der Waals surface area contributed by atoms with Gasteiger partial charge in [0.2, 0.25) is 0 Å². The molecule has 0 bridgehead atoms. The highest BCUT2D eigenvalue weighted by Crippen LogP contribution is 2.37. The molecule has 1 aliphatic carbocycles. The number of nitrogens with zero attached hydrogens (tertiary/aromatic N) is 2. The highest BCUT2D eigenvalue weighted by molar-refractivity contribution is 6.17. The van der Waals surface area contributed by atoms with Crippen LogP contribution in [0.5, 0.6) is 0 Å². The van der Waals surface area contributed by atoms with Crippen LogP contribution in [0, 0.1) is 0 Å². The third-order valence-corrected chi connectivity index (χ3v) is 6.25. The molecule has 1 N–H and O–H groups in total. The molecule has 2 aromatic rings. The Morgan fingerprint density at radius 2 is 1.06 bits per heavy atom. The number of aliphatic hydroxyl groups excluding tert-OH is 1. The molecule has 0 saturated heterocycles. The first-order valence-electron chi connectivity index (χ1n) is 11.8. The van der Waals surface area contributed by atoms with Gasteiger partial charge in [0.15, 0.2) is 5.78 Å². The monoisotopic (exact) mass is 432 g/mol. The second-order valence-electron chi connectivity index (χ2n) is 8.12. The van der Waals surface area contributed by atoms with Gasteiger partial charge in [-0.15, -0.1) is 0 Å². The first-order chi connectivity index (χ1) is 15.5. The number of hydrogen-bond acceptors (Lipinski definition) is 4. The van der Waals surface area contributed by atoms with Gasteiger partial charge in [0.1, 0.15) is 0 Å². The van der Waals surface area contributed by atoms with E-state index in [0.717, 1.165) is 48.7 Å². The molecule has 0 aromatic heterocycles. The standard InChI is InChI=1S/C28H36N2O2/c1-5-29(6-2)26(21-15-11-9-12-16-21)24-19-23(31)20-25(28(24)32)27(30(7-3)8-4)22-17-13-10-14-18-22/h9-18,23,31H,5-8,19-20H2,1-4H3. The van der Waals surface area contributed by atoms with Crippen LogP contribution >= 0.6 is 0 Å². The van der Waals surface area contributed by atoms with Crippen molar-refractivity contribution < 1.29 is 9.90 Å². The number of hydrogen-bond donors (Lipinski definition) is 1. The fourth-order valence-electron chi connectivity index (χ4n) is 4.69. The van der Waals surface area contributed by atoms with E-state index in [4.69, 9.17) is 0 Å². The molecule has 4 nitrogen and oxygen atoms in total. The number of carbonyl (C=O) groups excluding carboxylic acids is 1. The summed E-state index contributed by atoms with van der Waals surface area (Å²) < 4.78 is 0. The number of aliphatic hydroxyl groups is 1. The van der Waals surface area contributed by atoms with E-state index < -0.39 is 6.10 Å². The smallest absolute Gasteiger partial charge is 0.189 e. The van der Waals surface area contributed by atoms with E-state index in [-0.39, 0.29) is 5.78 Å². The van der Waals surface area contributed by atoms with Gasteiger partial charge in [-0.25, -0.2) is 0 Å². The summed E-state index contributed by atoms with van der Waals surface area (Å²) in [7, 11) is 0. The summed E-state index contributed by atoms with van der Waals surface area (Å²) >= 11 is 0. The molecular weight excluding hydrogens is 396 g/mol. The van der Waals surface area contributed by atoms with E-state index in [0.29, 0.717) is 24.0 Å². The van der Waals surface area contributed by atoms with Crippen LogP contribution in [0.25, 0.3) is 11.4 Å². The predicted molar refractivity (Wildman–Crippen MR) is 133 cm³/mol. The van der Waals surface area contributed by atoms with Crippen LogP contribution in [0.2, 0.25) is 0 Å². The molecular formula is C28H36N2O2. The summed E-state index contributed by atoms with van der Waals surface area (Å²) in [6.45, 7) is 11.6. The summed E-state index contributed by atoms with van der Waals surface area (Å²) in [4.78, 5) is 18.6. The van der Waals surface area contributed by atoms with Gasteiger partial charge in [0, 0.05) is 50.2 Å². The van der Waals surface area contributed by atoms with Crippen LogP contribution in [0.4, 0.5) is 0 Å². The number of Topliss-reactive ketones (excluding diaryl/α,β-unsaturated/α-hetero) is 1. The highest BCUT2D eigenvalue weighted by Gasteiger charge is 2.34. The minimum atomic E-state index is -0.582. The summed E-state index contributed by atoms with van der Waals surface area (Å²) in [6.07, 6.45) is 0.175. The van der Waals surface area contributed by atoms with Gasteiger partial charge < -0.3 is 14.9 Å². The number of ketones is 1. The first kappa shape index (κ1) is 23.8. The zero-order chi connectivity index (χ0) is 23.1. The van der Waals surface area contributed by atoms with E-state index in [9.17, 15) is 9.90 Å². The van der Waals surface area contributed by atoms with Gasteiger partial charge in [0.05, 0.1) is 17.5 Å². The Bertz CT molecular complexity index is 878. The number of benzene rings is 2. The van der Waals surface area contributed by atoms with Crippen molar-refractivity contribution in [1.82, 2.24) is 9.80 Å². The van der Waals surface area contributed by atoms with E-state index >= 15 is 0 Å². The van der Waals surface area contributed by atoms with Crippen LogP contribution < -0.4 is 0 Å². The molecule has 0 heterocycles. The largest absolute Gasteiger partial charge is 0.392 e. The maximum atomic E-state index is 14.1. The third-order valence-electron chi connectivity index (χ3n) is 6.25. The van der Waals surface area contributed by atoms with Gasteiger partial charge in [-0.05, 0) is 38.8 Å². The molecule has 0 amide bonds. The van der Waals surface area contributed by atoms with Crippen LogP contribution in [-0.4, -0.2) is 53.0 Å². The van der Waals surface area contributed by atoms with Crippen molar-refractivity contribution >= 4 is 17.2 Å². The van der Waals surface area contributed by atoms with E-state index in [1.165, 1.54) is 0 Å². The van der Waals surface area contributed by atoms with Crippen molar-refractivity contribution in [1.29, 1.82) is 0 Å². The maximum absolute atomic E-state index is 14.1. The van der Waals surface area contributed by atoms with Crippen molar-refractivity contribution in [2.75, 3.05) is 26.2 Å². The fraction of sp³-hybridized carbons (Fsp3) is 0.393. The van der Waals surface area contributed by atoms with Crippen LogP contribution in [-0.2, 0) is 4.79 Å². The Morgan fingerprint density at radius 3 is 1.38 bits per heavy atom. The zero-order valence-electron chi connectivity index (χ0n) is 19.8. The van der Waals surface area contributed by atoms with Crippen molar-refractivity contribution in [3.8, 4) is 0 Å². The van der Waals surface area contributed by atoms with E-state index in [2.05, 4.69) is 61.8 Å². The molecule has 0 unspecified atom stereocenters. The maximum Gasteiger partial charge on any atom is 0.189 e. The van der Waals surface area contributed by atoms with Crippen molar-refractivity contribution in [3.05, 3.63) is 82.9 Å². The molecule has 3 rings (SSSR count). The fourth-order valence-corrected chi connectivity index (χ4v) is 4.69. The van der Waals surface area contributed by atoms with E-state index in [1.807, 2.05) is 36.4 Å². The molecule has 0 atom stereocenters. The minimum absolute atomic E-state index is 0.0619. The molecule has 1 fully saturated rings. The normalized spacial score (nSPS) is 19.5. The Kier molecular flexibility index (Phi) is 8.29. The molecule has 0 aliphatic heterocycles.